The van der Waals surface area contributed by atoms with Crippen molar-refractivity contribution in [3.05, 3.63) is 99.5 Å². The Morgan fingerprint density at radius 2 is 1.53 bits per heavy atom. The van der Waals surface area contributed by atoms with Gasteiger partial charge >= 0.3 is 217 Å². The molecule has 0 spiro atoms. The molecular weight excluding hydrogens is 712 g/mol. The van der Waals surface area contributed by atoms with Crippen molar-refractivity contribution in [2.24, 2.45) is 13.0 Å². The molecule has 5 nitrogen and oxygen atoms in total. The number of pyridine rings is 1. The van der Waals surface area contributed by atoms with Crippen LogP contribution in [-0.4, -0.2) is 20.7 Å². The monoisotopic (exact) mass is 753 g/mol. The van der Waals surface area contributed by atoms with Gasteiger partial charge in [-0.3, -0.25) is 0 Å². The predicted molar refractivity (Wildman–Crippen MR) is 174 cm³/mol. The number of anilines is 2. The van der Waals surface area contributed by atoms with E-state index in [2.05, 4.69) is 162 Å². The van der Waals surface area contributed by atoms with E-state index >= 15 is 0 Å². The molecule has 0 saturated heterocycles. The third-order valence-corrected chi connectivity index (χ3v) is 9.73. The molecule has 0 N–H and O–H groups in total. The average molecular weight is 754 g/mol. The molecule has 0 saturated carbocycles. The first-order valence-corrected chi connectivity index (χ1v) is 16.3. The van der Waals surface area contributed by atoms with Gasteiger partial charge in [0.05, 0.1) is 0 Å². The van der Waals surface area contributed by atoms with Crippen LogP contribution in [0, 0.1) is 9.72 Å². The molecular formula is C37H42N4OPt. The van der Waals surface area contributed by atoms with Crippen LogP contribution in [0.25, 0.3) is 16.7 Å². The van der Waals surface area contributed by atoms with Crippen molar-refractivity contribution in [2.45, 2.75) is 65.7 Å². The molecule has 1 unspecified atom stereocenters. The van der Waals surface area contributed by atoms with E-state index in [1.165, 1.54) is 33.4 Å². The number of hydrogen-bond acceptors (Lipinski definition) is 3. The van der Waals surface area contributed by atoms with E-state index < -0.39 is 0 Å². The van der Waals surface area contributed by atoms with Gasteiger partial charge in [-0.25, -0.2) is 0 Å². The van der Waals surface area contributed by atoms with Crippen LogP contribution in [0.15, 0.2) is 79.0 Å². The number of benzene rings is 3. The van der Waals surface area contributed by atoms with E-state index in [1.54, 1.807) is 0 Å². The normalized spacial score (nSPS) is 15.6. The van der Waals surface area contributed by atoms with Crippen LogP contribution in [0.4, 0.5) is 11.5 Å². The van der Waals surface area contributed by atoms with Crippen LogP contribution >= 0.6 is 0 Å². The minimum atomic E-state index is -0.0442. The van der Waals surface area contributed by atoms with Crippen LogP contribution < -0.4 is 9.64 Å². The van der Waals surface area contributed by atoms with Crippen molar-refractivity contribution in [1.29, 1.82) is 0 Å². The molecule has 43 heavy (non-hydrogen) atoms. The van der Waals surface area contributed by atoms with Crippen LogP contribution in [0.5, 0.6) is 11.5 Å². The van der Waals surface area contributed by atoms with Gasteiger partial charge in [-0.2, -0.15) is 0 Å². The fourth-order valence-corrected chi connectivity index (χ4v) is 6.82. The standard InChI is InChI=1S/C37H42N4O.Pt/c1-25-17-26-13-14-30(22-34(26)40(23-25)35-20-27(15-16-38-35)36(2,3)4)42-31-19-28(37(5,6)7)18-29(21-31)41-24-39(8)32-11-9-10-12-33(32)41;/h9-16,18-22,25H,17,23H2,1-8H3;. The second kappa shape index (κ2) is 10.9. The van der Waals surface area contributed by atoms with Crippen molar-refractivity contribution >= 4 is 22.5 Å². The molecule has 3 aromatic carbocycles. The first kappa shape index (κ1) is 29.6. The number of aryl methyl sites for hydroxylation is 1. The SMILES string of the molecule is CC1Cc2ccc(Oc3cc(-n4[c](=[Pt])n(C)c5ccccc54)cc(C(C)(C)C)c3)cc2N(c2cc(C(C)(C)C)ccn2)C1. The van der Waals surface area contributed by atoms with Gasteiger partial charge in [-0.05, 0) is 17.0 Å². The Morgan fingerprint density at radius 3 is 2.26 bits per heavy atom. The number of fused-ring (bicyclic) bond motifs is 2. The van der Waals surface area contributed by atoms with Gasteiger partial charge in [0.15, 0.2) is 0 Å². The van der Waals surface area contributed by atoms with Gasteiger partial charge in [0.2, 0.25) is 0 Å². The van der Waals surface area contributed by atoms with Crippen molar-refractivity contribution in [2.75, 3.05) is 11.4 Å². The summed E-state index contributed by atoms with van der Waals surface area (Å²) in [5.41, 5.74) is 8.52. The molecule has 1 atom stereocenters. The fourth-order valence-electron chi connectivity index (χ4n) is 5.98. The number of hydrogen-bond donors (Lipinski definition) is 0. The van der Waals surface area contributed by atoms with Crippen molar-refractivity contribution in [3.63, 3.8) is 0 Å². The quantitative estimate of drug-likeness (QED) is 0.184. The summed E-state index contributed by atoms with van der Waals surface area (Å²) in [4.78, 5) is 7.19. The van der Waals surface area contributed by atoms with Crippen molar-refractivity contribution in [3.8, 4) is 17.2 Å². The van der Waals surface area contributed by atoms with Gasteiger partial charge in [0.1, 0.15) is 0 Å². The summed E-state index contributed by atoms with van der Waals surface area (Å²) < 4.78 is 12.4. The van der Waals surface area contributed by atoms with Crippen molar-refractivity contribution in [1.82, 2.24) is 14.1 Å². The topological polar surface area (TPSA) is 35.2 Å². The molecule has 0 aliphatic carbocycles. The number of aromatic nitrogens is 3. The third-order valence-electron chi connectivity index (χ3n) is 8.46. The van der Waals surface area contributed by atoms with Gasteiger partial charge in [-0.1, -0.05) is 27.7 Å². The Balaban J connectivity index is 1.43. The maximum absolute atomic E-state index is 6.72. The molecule has 1 aliphatic heterocycles. The van der Waals surface area contributed by atoms with Crippen LogP contribution in [-0.2, 0) is 43.7 Å². The Kier molecular flexibility index (Phi) is 7.53. The second-order valence-electron chi connectivity index (χ2n) is 14.1. The van der Waals surface area contributed by atoms with Gasteiger partial charge < -0.3 is 0 Å². The molecule has 3 heterocycles. The summed E-state index contributed by atoms with van der Waals surface area (Å²) in [6, 6.07) is 26.1. The number of ether oxygens (including phenoxy) is 1. The molecule has 2 aromatic heterocycles. The Morgan fingerprint density at radius 1 is 0.814 bits per heavy atom. The van der Waals surface area contributed by atoms with Gasteiger partial charge in [0, 0.05) is 6.20 Å². The Labute approximate surface area is 266 Å². The summed E-state index contributed by atoms with van der Waals surface area (Å²) in [7, 11) is 2.12. The van der Waals surface area contributed by atoms with Gasteiger partial charge in [-0.15, -0.1) is 0 Å². The van der Waals surface area contributed by atoms with Crippen molar-refractivity contribution < 1.29 is 24.1 Å². The number of nitrogens with zero attached hydrogens (tertiary/aromatic N) is 4. The summed E-state index contributed by atoms with van der Waals surface area (Å²) in [6.07, 6.45) is 2.99. The van der Waals surface area contributed by atoms with E-state index in [-0.39, 0.29) is 10.8 Å². The van der Waals surface area contributed by atoms with E-state index in [9.17, 15) is 0 Å². The van der Waals surface area contributed by atoms with Crippen LogP contribution in [0.1, 0.15) is 65.2 Å². The zero-order valence-electron chi connectivity index (χ0n) is 26.5. The molecule has 5 aromatic rings. The fraction of sp³-hybridized carbons (Fsp3) is 0.351. The number of rotatable bonds is 4. The molecule has 0 bridgehead atoms. The molecule has 226 valence electrons. The molecule has 6 rings (SSSR count). The molecule has 0 amide bonds. The van der Waals surface area contributed by atoms with Crippen LogP contribution in [0.3, 0.4) is 0 Å². The summed E-state index contributed by atoms with van der Waals surface area (Å²) >= 11 is 2.42. The zero-order chi connectivity index (χ0) is 30.7. The molecule has 0 fully saturated rings. The van der Waals surface area contributed by atoms with Crippen LogP contribution in [0.2, 0.25) is 0 Å². The summed E-state index contributed by atoms with van der Waals surface area (Å²) in [6.45, 7) is 16.8. The second-order valence-corrected chi connectivity index (χ2v) is 15.1. The maximum atomic E-state index is 6.72. The third kappa shape index (κ3) is 5.77. The molecule has 0 radical (unpaired) electrons. The van der Waals surface area contributed by atoms with E-state index in [4.69, 9.17) is 9.72 Å². The van der Waals surface area contributed by atoms with Gasteiger partial charge in [0.25, 0.3) is 0 Å². The summed E-state index contributed by atoms with van der Waals surface area (Å²) in [5.74, 6) is 3.20. The molecule has 6 heteroatoms. The molecule has 1 aliphatic rings. The number of para-hydroxylation sites is 2. The first-order chi connectivity index (χ1) is 20.3. The Hall–Kier alpha value is -3.43. The van der Waals surface area contributed by atoms with E-state index in [0.29, 0.717) is 5.92 Å². The van der Waals surface area contributed by atoms with E-state index in [1.807, 2.05) is 6.20 Å². The number of imidazole rings is 1. The average Bonchev–Trinajstić information content (AvgIpc) is 3.21. The minimum absolute atomic E-state index is 0.0442. The zero-order valence-corrected chi connectivity index (χ0v) is 28.8. The van der Waals surface area contributed by atoms with E-state index in [0.717, 1.165) is 39.8 Å². The summed E-state index contributed by atoms with van der Waals surface area (Å²) in [5, 5.41) is 0. The Bertz CT molecular complexity index is 1890. The first-order valence-electron chi connectivity index (χ1n) is 15.1. The predicted octanol–water partition coefficient (Wildman–Crippen LogP) is 9.16.